The Morgan fingerprint density at radius 1 is 0.818 bits per heavy atom. The molecule has 0 heterocycles. The quantitative estimate of drug-likeness (QED) is 0.477. The maximum atomic E-state index is 2.66. The Hall–Kier alpha value is -0.195. The Balaban J connectivity index is 2.29. The monoisotopic (exact) mass is 302 g/mol. The molecule has 0 spiro atoms. The van der Waals surface area contributed by atoms with Gasteiger partial charge >= 0.3 is 0 Å². The third kappa shape index (κ3) is 5.17. The third-order valence-corrected chi connectivity index (χ3v) is 5.97. The minimum Gasteiger partial charge on any atom is -0.101 e. The molecule has 0 nitrogen and oxygen atoms in total. The van der Waals surface area contributed by atoms with Gasteiger partial charge in [0, 0.05) is 0 Å². The van der Waals surface area contributed by atoms with E-state index in [1.54, 1.807) is 0 Å². The molecule has 126 valence electrons. The van der Waals surface area contributed by atoms with Crippen LogP contribution in [0.15, 0.2) is 11.5 Å². The van der Waals surface area contributed by atoms with E-state index in [0.717, 1.165) is 18.3 Å². The lowest BCUT2D eigenvalue weighted by Gasteiger charge is -2.39. The van der Waals surface area contributed by atoms with Gasteiger partial charge in [0.2, 0.25) is 0 Å². The van der Waals surface area contributed by atoms with E-state index in [1.165, 1.54) is 64.2 Å². The van der Waals surface area contributed by atoms with Crippen LogP contribution in [0.1, 0.15) is 98.8 Å². The van der Waals surface area contributed by atoms with Crippen molar-refractivity contribution in [1.82, 2.24) is 0 Å². The average Bonchev–Trinajstić information content (AvgIpc) is 2.47. The van der Waals surface area contributed by atoms with E-state index in [9.17, 15) is 0 Å². The van der Waals surface area contributed by atoms with Crippen molar-refractivity contribution < 1.29 is 0 Å². The predicted molar refractivity (Wildman–Crippen MR) is 102 cm³/mol. The first-order valence-corrected chi connectivity index (χ1v) is 10.1. The Morgan fingerprint density at radius 3 is 1.55 bits per heavy atom. The summed E-state index contributed by atoms with van der Waals surface area (Å²) in [4.78, 5) is 0. The van der Waals surface area contributed by atoms with Crippen LogP contribution in [0.5, 0.6) is 0 Å². The highest BCUT2D eigenvalue weighted by Crippen LogP contribution is 2.46. The molecular weight excluding hydrogens is 263 g/mol. The zero-order valence-corrected chi connectivity index (χ0v) is 16.0. The molecule has 0 N–H and O–H groups in total. The summed E-state index contributed by atoms with van der Waals surface area (Å²) >= 11 is 0. The highest BCUT2D eigenvalue weighted by atomic mass is 14.2. The molecule has 0 aromatic carbocycles. The molecule has 2 rings (SSSR count). The zero-order valence-electron chi connectivity index (χ0n) is 16.0. The first-order chi connectivity index (χ1) is 10.4. The van der Waals surface area contributed by atoms with Crippen molar-refractivity contribution in [1.29, 1.82) is 0 Å². The molecule has 2 aliphatic carbocycles. The fourth-order valence-corrected chi connectivity index (χ4v) is 5.06. The lowest BCUT2D eigenvalue weighted by molar-refractivity contribution is 0.459. The Kier molecular flexibility index (Phi) is 6.65. The SMILES string of the molecule is CC(C)/C(=C\C(C)(C)C)B(C1CCCCC1)C1CCCCC1. The van der Waals surface area contributed by atoms with Crippen molar-refractivity contribution in [2.45, 2.75) is 110 Å². The van der Waals surface area contributed by atoms with Crippen molar-refractivity contribution in [3.63, 3.8) is 0 Å². The molecule has 2 aliphatic rings. The van der Waals surface area contributed by atoms with Gasteiger partial charge in [0.05, 0.1) is 0 Å². The van der Waals surface area contributed by atoms with Crippen LogP contribution < -0.4 is 0 Å². The molecule has 0 radical (unpaired) electrons. The highest BCUT2D eigenvalue weighted by molar-refractivity contribution is 6.69. The van der Waals surface area contributed by atoms with E-state index < -0.39 is 0 Å². The number of hydrogen-bond donors (Lipinski definition) is 0. The van der Waals surface area contributed by atoms with Crippen LogP contribution in [0, 0.1) is 11.3 Å². The summed E-state index contributed by atoms with van der Waals surface area (Å²) in [6.45, 7) is 12.9. The van der Waals surface area contributed by atoms with Gasteiger partial charge in [0.25, 0.3) is 0 Å². The molecule has 2 saturated carbocycles. The van der Waals surface area contributed by atoms with E-state index in [4.69, 9.17) is 0 Å². The summed E-state index contributed by atoms with van der Waals surface area (Å²) in [7, 11) is 0. The lowest BCUT2D eigenvalue weighted by atomic mass is 9.25. The molecule has 0 unspecified atom stereocenters. The van der Waals surface area contributed by atoms with Crippen LogP contribution in [0.25, 0.3) is 0 Å². The normalized spacial score (nSPS) is 23.1. The first-order valence-electron chi connectivity index (χ1n) is 10.1. The summed E-state index contributed by atoms with van der Waals surface area (Å²) in [6.07, 6.45) is 17.5. The summed E-state index contributed by atoms with van der Waals surface area (Å²) in [5.41, 5.74) is 2.13. The largest absolute Gasteiger partial charge is 0.176 e. The minimum absolute atomic E-state index is 0.321. The van der Waals surface area contributed by atoms with E-state index >= 15 is 0 Å². The minimum atomic E-state index is 0.321. The molecule has 22 heavy (non-hydrogen) atoms. The first kappa shape index (κ1) is 18.1. The number of allylic oxidation sites excluding steroid dienone is 2. The van der Waals surface area contributed by atoms with Crippen LogP contribution in [0.4, 0.5) is 0 Å². The van der Waals surface area contributed by atoms with Crippen molar-refractivity contribution in [3.8, 4) is 0 Å². The van der Waals surface area contributed by atoms with E-state index in [2.05, 4.69) is 40.7 Å². The molecule has 0 saturated heterocycles. The topological polar surface area (TPSA) is 0 Å². The van der Waals surface area contributed by atoms with E-state index in [1.807, 2.05) is 5.47 Å². The lowest BCUT2D eigenvalue weighted by Crippen LogP contribution is -2.35. The Labute approximate surface area is 140 Å². The van der Waals surface area contributed by atoms with Crippen LogP contribution in [-0.4, -0.2) is 6.71 Å². The van der Waals surface area contributed by atoms with Gasteiger partial charge in [-0.15, -0.1) is 5.47 Å². The van der Waals surface area contributed by atoms with E-state index in [-0.39, 0.29) is 0 Å². The summed E-state index contributed by atoms with van der Waals surface area (Å²) in [5, 5.41) is 0. The summed E-state index contributed by atoms with van der Waals surface area (Å²) in [5.74, 6) is 2.67. The van der Waals surface area contributed by atoms with Gasteiger partial charge in [0.1, 0.15) is 0 Å². The van der Waals surface area contributed by atoms with Gasteiger partial charge in [-0.05, 0) is 11.3 Å². The van der Waals surface area contributed by atoms with Crippen molar-refractivity contribution in [2.75, 3.05) is 0 Å². The molecule has 1 heteroatoms. The van der Waals surface area contributed by atoms with Gasteiger partial charge in [0.15, 0.2) is 6.71 Å². The smallest absolute Gasteiger partial charge is 0.101 e. The second-order valence-corrected chi connectivity index (χ2v) is 9.49. The Morgan fingerprint density at radius 2 is 1.23 bits per heavy atom. The van der Waals surface area contributed by atoms with Crippen molar-refractivity contribution in [3.05, 3.63) is 11.5 Å². The van der Waals surface area contributed by atoms with Crippen LogP contribution in [0.2, 0.25) is 11.6 Å². The third-order valence-electron chi connectivity index (χ3n) is 5.97. The second kappa shape index (κ2) is 8.07. The standard InChI is InChI=1S/C21H39B/c1-17(2)20(16-21(3,4)5)22(18-12-8-6-9-13-18)19-14-10-7-11-15-19/h16-19H,6-15H2,1-5H3/b20-16+. The zero-order chi connectivity index (χ0) is 16.2. The molecule has 0 amide bonds. The van der Waals surface area contributed by atoms with Crippen LogP contribution >= 0.6 is 0 Å². The second-order valence-electron chi connectivity index (χ2n) is 9.49. The predicted octanol–water partition coefficient (Wildman–Crippen LogP) is 7.32. The van der Waals surface area contributed by atoms with Gasteiger partial charge in [-0.1, -0.05) is 117 Å². The fourth-order valence-electron chi connectivity index (χ4n) is 5.06. The van der Waals surface area contributed by atoms with Crippen molar-refractivity contribution in [2.24, 2.45) is 11.3 Å². The maximum absolute atomic E-state index is 2.66. The highest BCUT2D eigenvalue weighted by Gasteiger charge is 2.38. The fraction of sp³-hybridized carbons (Fsp3) is 0.905. The van der Waals surface area contributed by atoms with Gasteiger partial charge in [-0.3, -0.25) is 0 Å². The molecule has 0 aromatic rings. The van der Waals surface area contributed by atoms with Crippen LogP contribution in [-0.2, 0) is 0 Å². The van der Waals surface area contributed by atoms with Gasteiger partial charge in [-0.25, -0.2) is 0 Å². The van der Waals surface area contributed by atoms with E-state index in [0.29, 0.717) is 11.3 Å². The summed E-state index contributed by atoms with van der Waals surface area (Å²) in [6, 6.07) is 0. The Bertz CT molecular complexity index is 331. The van der Waals surface area contributed by atoms with Crippen LogP contribution in [0.3, 0.4) is 0 Å². The molecule has 0 atom stereocenters. The molecular formula is C21H39B. The molecule has 0 bridgehead atoms. The number of rotatable bonds is 4. The molecule has 2 fully saturated rings. The summed E-state index contributed by atoms with van der Waals surface area (Å²) < 4.78 is 0. The molecule has 0 aromatic heterocycles. The molecule has 0 aliphatic heterocycles. The number of hydrogen-bond acceptors (Lipinski definition) is 0. The maximum Gasteiger partial charge on any atom is 0.176 e. The average molecular weight is 302 g/mol. The van der Waals surface area contributed by atoms with Crippen molar-refractivity contribution >= 4 is 6.71 Å². The van der Waals surface area contributed by atoms with Gasteiger partial charge < -0.3 is 0 Å². The van der Waals surface area contributed by atoms with Gasteiger partial charge in [-0.2, -0.15) is 0 Å².